The molecular formula is C14H15FN4S. The molecule has 0 bridgehead atoms. The summed E-state index contributed by atoms with van der Waals surface area (Å²) in [6.07, 6.45) is 0.556. The molecule has 0 radical (unpaired) electrons. The number of nitrogens with two attached hydrogens (primary N) is 1. The van der Waals surface area contributed by atoms with E-state index >= 15 is 0 Å². The maximum absolute atomic E-state index is 13.9. The standard InChI is InChI=1S/C14H15FN4S/c1-8(2)19-11-5-3-4-10(15)13(11)18-12(19)6-9-7-20-14(16)17-9/h3-5,7-8H,6H2,1-2H3,(H2,16,17). The monoisotopic (exact) mass is 290 g/mol. The van der Waals surface area contributed by atoms with Gasteiger partial charge >= 0.3 is 0 Å². The fourth-order valence-corrected chi connectivity index (χ4v) is 2.96. The summed E-state index contributed by atoms with van der Waals surface area (Å²) in [5.41, 5.74) is 7.75. The molecule has 0 unspecified atom stereocenters. The van der Waals surface area contributed by atoms with Gasteiger partial charge in [0.05, 0.1) is 11.2 Å². The number of fused-ring (bicyclic) bond motifs is 1. The van der Waals surface area contributed by atoms with E-state index in [1.165, 1.54) is 17.4 Å². The van der Waals surface area contributed by atoms with E-state index in [0.717, 1.165) is 17.0 Å². The van der Waals surface area contributed by atoms with Crippen LogP contribution in [0.15, 0.2) is 23.6 Å². The molecule has 2 heterocycles. The van der Waals surface area contributed by atoms with Crippen molar-refractivity contribution in [3.63, 3.8) is 0 Å². The van der Waals surface area contributed by atoms with Gasteiger partial charge in [0.15, 0.2) is 10.9 Å². The smallest absolute Gasteiger partial charge is 0.180 e. The summed E-state index contributed by atoms with van der Waals surface area (Å²) in [5, 5.41) is 2.45. The van der Waals surface area contributed by atoms with Crippen LogP contribution in [0, 0.1) is 5.82 Å². The molecule has 3 rings (SSSR count). The fourth-order valence-electron chi connectivity index (χ4n) is 2.40. The molecule has 104 valence electrons. The molecule has 0 aliphatic rings. The van der Waals surface area contributed by atoms with Crippen LogP contribution in [0.3, 0.4) is 0 Å². The second kappa shape index (κ2) is 4.86. The number of benzene rings is 1. The number of anilines is 1. The minimum absolute atomic E-state index is 0.202. The van der Waals surface area contributed by atoms with Crippen LogP contribution in [0.5, 0.6) is 0 Å². The van der Waals surface area contributed by atoms with Crippen LogP contribution in [0.2, 0.25) is 0 Å². The Kier molecular flexibility index (Phi) is 3.17. The van der Waals surface area contributed by atoms with Crippen LogP contribution < -0.4 is 5.73 Å². The molecule has 0 aliphatic carbocycles. The predicted octanol–water partition coefficient (Wildman–Crippen LogP) is 3.39. The molecule has 20 heavy (non-hydrogen) atoms. The van der Waals surface area contributed by atoms with E-state index in [4.69, 9.17) is 5.73 Å². The van der Waals surface area contributed by atoms with Gasteiger partial charge in [0.2, 0.25) is 0 Å². The summed E-state index contributed by atoms with van der Waals surface area (Å²) in [7, 11) is 0. The Morgan fingerprint density at radius 3 is 2.80 bits per heavy atom. The second-order valence-electron chi connectivity index (χ2n) is 4.95. The van der Waals surface area contributed by atoms with Crippen LogP contribution >= 0.6 is 11.3 Å². The van der Waals surface area contributed by atoms with Crippen LogP contribution in [0.25, 0.3) is 11.0 Å². The number of thiazole rings is 1. The van der Waals surface area contributed by atoms with Gasteiger partial charge in [-0.2, -0.15) is 0 Å². The van der Waals surface area contributed by atoms with E-state index in [1.807, 2.05) is 16.0 Å². The molecule has 0 amide bonds. The van der Waals surface area contributed by atoms with E-state index in [9.17, 15) is 4.39 Å². The second-order valence-corrected chi connectivity index (χ2v) is 5.84. The van der Waals surface area contributed by atoms with Crippen molar-refractivity contribution in [2.24, 2.45) is 0 Å². The van der Waals surface area contributed by atoms with E-state index in [2.05, 4.69) is 23.8 Å². The molecule has 2 N–H and O–H groups in total. The van der Waals surface area contributed by atoms with Crippen LogP contribution in [-0.4, -0.2) is 14.5 Å². The Balaban J connectivity index is 2.14. The molecular weight excluding hydrogens is 275 g/mol. The number of hydrogen-bond acceptors (Lipinski definition) is 4. The van der Waals surface area contributed by atoms with Crippen molar-refractivity contribution < 1.29 is 4.39 Å². The van der Waals surface area contributed by atoms with E-state index in [1.54, 1.807) is 6.07 Å². The quantitative estimate of drug-likeness (QED) is 0.804. The van der Waals surface area contributed by atoms with E-state index < -0.39 is 0 Å². The molecule has 0 saturated carbocycles. The topological polar surface area (TPSA) is 56.7 Å². The maximum atomic E-state index is 13.9. The number of rotatable bonds is 3. The number of nitrogens with zero attached hydrogens (tertiary/aromatic N) is 3. The lowest BCUT2D eigenvalue weighted by atomic mass is 10.2. The van der Waals surface area contributed by atoms with Crippen molar-refractivity contribution in [3.05, 3.63) is 40.9 Å². The Labute approximate surface area is 120 Å². The first kappa shape index (κ1) is 13.1. The minimum atomic E-state index is -0.291. The number of nitrogen functional groups attached to an aromatic ring is 1. The Morgan fingerprint density at radius 2 is 2.15 bits per heavy atom. The van der Waals surface area contributed by atoms with Crippen molar-refractivity contribution in [2.75, 3.05) is 5.73 Å². The summed E-state index contributed by atoms with van der Waals surface area (Å²) in [6, 6.07) is 5.24. The van der Waals surface area contributed by atoms with Crippen molar-refractivity contribution in [1.82, 2.24) is 14.5 Å². The Hall–Kier alpha value is -1.95. The van der Waals surface area contributed by atoms with Gasteiger partial charge in [-0.1, -0.05) is 6.07 Å². The summed E-state index contributed by atoms with van der Waals surface area (Å²) in [5.74, 6) is 0.520. The third-order valence-electron chi connectivity index (χ3n) is 3.17. The minimum Gasteiger partial charge on any atom is -0.375 e. The van der Waals surface area contributed by atoms with Crippen LogP contribution in [0.4, 0.5) is 9.52 Å². The summed E-state index contributed by atoms with van der Waals surface area (Å²) < 4.78 is 15.9. The molecule has 0 saturated heterocycles. The molecule has 0 fully saturated rings. The van der Waals surface area contributed by atoms with Crippen LogP contribution in [0.1, 0.15) is 31.4 Å². The van der Waals surface area contributed by atoms with E-state index in [0.29, 0.717) is 17.1 Å². The largest absolute Gasteiger partial charge is 0.375 e. The van der Waals surface area contributed by atoms with Gasteiger partial charge in [-0.3, -0.25) is 0 Å². The first-order valence-electron chi connectivity index (χ1n) is 6.41. The van der Waals surface area contributed by atoms with Gasteiger partial charge in [0.25, 0.3) is 0 Å². The number of imidazole rings is 1. The number of aromatic nitrogens is 3. The highest BCUT2D eigenvalue weighted by atomic mass is 32.1. The average molecular weight is 290 g/mol. The van der Waals surface area contributed by atoms with Crippen molar-refractivity contribution >= 4 is 27.5 Å². The average Bonchev–Trinajstić information content (AvgIpc) is 2.94. The van der Waals surface area contributed by atoms with Gasteiger partial charge in [0, 0.05) is 17.8 Å². The third kappa shape index (κ3) is 2.16. The Morgan fingerprint density at radius 1 is 1.35 bits per heavy atom. The zero-order valence-electron chi connectivity index (χ0n) is 11.3. The van der Waals surface area contributed by atoms with Crippen molar-refractivity contribution in [3.8, 4) is 0 Å². The lowest BCUT2D eigenvalue weighted by Crippen LogP contribution is -2.07. The van der Waals surface area contributed by atoms with Gasteiger partial charge < -0.3 is 10.3 Å². The fraction of sp³-hybridized carbons (Fsp3) is 0.286. The van der Waals surface area contributed by atoms with Gasteiger partial charge in [-0.15, -0.1) is 11.3 Å². The lowest BCUT2D eigenvalue weighted by Gasteiger charge is -2.12. The highest BCUT2D eigenvalue weighted by molar-refractivity contribution is 7.13. The summed E-state index contributed by atoms with van der Waals surface area (Å²) >= 11 is 1.40. The molecule has 0 atom stereocenters. The SMILES string of the molecule is CC(C)n1c(Cc2csc(N)n2)nc2c(F)cccc21. The lowest BCUT2D eigenvalue weighted by molar-refractivity contribution is 0.590. The normalized spacial score (nSPS) is 11.6. The first-order chi connectivity index (χ1) is 9.56. The molecule has 3 aromatic rings. The molecule has 0 spiro atoms. The van der Waals surface area contributed by atoms with Crippen molar-refractivity contribution in [1.29, 1.82) is 0 Å². The number of para-hydroxylation sites is 1. The molecule has 6 heteroatoms. The van der Waals surface area contributed by atoms with Crippen LogP contribution in [-0.2, 0) is 6.42 Å². The zero-order chi connectivity index (χ0) is 14.3. The first-order valence-corrected chi connectivity index (χ1v) is 7.29. The third-order valence-corrected chi connectivity index (χ3v) is 3.89. The van der Waals surface area contributed by atoms with Gasteiger partial charge in [0.1, 0.15) is 11.3 Å². The molecule has 1 aromatic carbocycles. The van der Waals surface area contributed by atoms with Gasteiger partial charge in [-0.05, 0) is 26.0 Å². The summed E-state index contributed by atoms with van der Waals surface area (Å²) in [6.45, 7) is 4.12. The van der Waals surface area contributed by atoms with Crippen molar-refractivity contribution in [2.45, 2.75) is 26.3 Å². The highest BCUT2D eigenvalue weighted by Gasteiger charge is 2.16. The van der Waals surface area contributed by atoms with E-state index in [-0.39, 0.29) is 11.9 Å². The highest BCUT2D eigenvalue weighted by Crippen LogP contribution is 2.25. The molecule has 2 aromatic heterocycles. The predicted molar refractivity (Wildman–Crippen MR) is 79.4 cm³/mol. The molecule has 4 nitrogen and oxygen atoms in total. The summed E-state index contributed by atoms with van der Waals surface area (Å²) in [4.78, 5) is 8.70. The number of halogens is 1. The van der Waals surface area contributed by atoms with Gasteiger partial charge in [-0.25, -0.2) is 14.4 Å². The Bertz CT molecular complexity index is 760. The number of hydrogen-bond donors (Lipinski definition) is 1. The zero-order valence-corrected chi connectivity index (χ0v) is 12.1. The maximum Gasteiger partial charge on any atom is 0.180 e. The molecule has 0 aliphatic heterocycles.